The number of carbonyl (C=O) groups is 1. The molecule has 3 aromatic carbocycles. The van der Waals surface area contributed by atoms with E-state index in [2.05, 4.69) is 6.07 Å². The lowest BCUT2D eigenvalue weighted by Crippen LogP contribution is -2.28. The Morgan fingerprint density at radius 2 is 1.79 bits per heavy atom. The van der Waals surface area contributed by atoms with Gasteiger partial charge in [-0.25, -0.2) is 9.18 Å². The number of nitrogens with zero attached hydrogens (tertiary/aromatic N) is 1. The third-order valence-electron chi connectivity index (χ3n) is 5.07. The summed E-state index contributed by atoms with van der Waals surface area (Å²) < 4.78 is 29.6. The van der Waals surface area contributed by atoms with Gasteiger partial charge in [0.2, 0.25) is 5.88 Å². The summed E-state index contributed by atoms with van der Waals surface area (Å²) >= 11 is 6.00. The van der Waals surface area contributed by atoms with Crippen molar-refractivity contribution >= 4 is 17.6 Å². The molecule has 0 aromatic heterocycles. The summed E-state index contributed by atoms with van der Waals surface area (Å²) in [5.41, 5.74) is 7.79. The molecule has 1 aliphatic rings. The maximum atomic E-state index is 13.0. The van der Waals surface area contributed by atoms with Crippen molar-refractivity contribution in [3.05, 3.63) is 100 Å². The third-order valence-corrected chi connectivity index (χ3v) is 5.32. The number of halogens is 2. The number of allylic oxidation sites excluding steroid dienone is 1. The first-order chi connectivity index (χ1) is 15.9. The first-order valence-corrected chi connectivity index (χ1v) is 10.3. The zero-order chi connectivity index (χ0) is 23.5. The van der Waals surface area contributed by atoms with Gasteiger partial charge in [0.15, 0.2) is 6.10 Å². The van der Waals surface area contributed by atoms with E-state index in [1.54, 1.807) is 24.3 Å². The number of nitrogens with two attached hydrogens (primary N) is 1. The molecule has 0 bridgehead atoms. The molecule has 6 nitrogen and oxygen atoms in total. The molecule has 3 aromatic rings. The Hall–Kier alpha value is -4.02. The SMILES string of the molecule is CC(Oc1ccc(F)cc1)C(=O)Oc1ccc2c(c1)OC(N)=C(C#N)C2c1ccc(Cl)cc1. The number of carbonyl (C=O) groups excluding carboxylic acids is 1. The van der Waals surface area contributed by atoms with Gasteiger partial charge in [0.05, 0.1) is 5.92 Å². The van der Waals surface area contributed by atoms with Crippen molar-refractivity contribution in [3.8, 4) is 23.3 Å². The van der Waals surface area contributed by atoms with Gasteiger partial charge in [0.1, 0.15) is 34.7 Å². The Balaban J connectivity index is 1.56. The average molecular weight is 465 g/mol. The Kier molecular flexibility index (Phi) is 6.20. The smallest absolute Gasteiger partial charge is 0.352 e. The molecular weight excluding hydrogens is 447 g/mol. The molecular formula is C25H18ClFN2O4. The van der Waals surface area contributed by atoms with E-state index in [0.717, 1.165) is 5.56 Å². The molecule has 0 amide bonds. The van der Waals surface area contributed by atoms with E-state index in [1.807, 2.05) is 12.1 Å². The Morgan fingerprint density at radius 3 is 2.45 bits per heavy atom. The Labute approximate surface area is 194 Å². The summed E-state index contributed by atoms with van der Waals surface area (Å²) in [6.45, 7) is 1.52. The highest BCUT2D eigenvalue weighted by Crippen LogP contribution is 2.43. The van der Waals surface area contributed by atoms with Crippen molar-refractivity contribution in [1.82, 2.24) is 0 Å². The maximum absolute atomic E-state index is 13.0. The molecule has 2 unspecified atom stereocenters. The monoisotopic (exact) mass is 464 g/mol. The molecule has 1 aliphatic heterocycles. The second kappa shape index (κ2) is 9.23. The standard InChI is InChI=1S/C25H18ClFN2O4/c1-14(31-18-8-6-17(27)7-9-18)25(30)32-19-10-11-20-22(12-19)33-24(29)21(13-28)23(20)15-2-4-16(26)5-3-15/h2-12,14,23H,29H2,1H3. The molecule has 0 saturated heterocycles. The zero-order valence-corrected chi connectivity index (χ0v) is 18.2. The van der Waals surface area contributed by atoms with Crippen LogP contribution in [0.15, 0.2) is 78.2 Å². The molecule has 0 spiro atoms. The summed E-state index contributed by atoms with van der Waals surface area (Å²) in [7, 11) is 0. The first-order valence-electron chi connectivity index (χ1n) is 9.96. The van der Waals surface area contributed by atoms with Crippen LogP contribution in [0.1, 0.15) is 24.0 Å². The molecule has 33 heavy (non-hydrogen) atoms. The van der Waals surface area contributed by atoms with E-state index in [4.69, 9.17) is 31.5 Å². The summed E-state index contributed by atoms with van der Waals surface area (Å²) in [6.07, 6.45) is -0.940. The topological polar surface area (TPSA) is 94.6 Å². The predicted octanol–water partition coefficient (Wildman–Crippen LogP) is 5.07. The summed E-state index contributed by atoms with van der Waals surface area (Å²) in [5.74, 6) is -0.618. The van der Waals surface area contributed by atoms with Crippen molar-refractivity contribution in [2.75, 3.05) is 0 Å². The largest absolute Gasteiger partial charge is 0.479 e. The molecule has 2 atom stereocenters. The van der Waals surface area contributed by atoms with Gasteiger partial charge < -0.3 is 19.9 Å². The quantitative estimate of drug-likeness (QED) is 0.418. The highest BCUT2D eigenvalue weighted by molar-refractivity contribution is 6.30. The number of fused-ring (bicyclic) bond motifs is 1. The van der Waals surface area contributed by atoms with Crippen LogP contribution >= 0.6 is 11.6 Å². The van der Waals surface area contributed by atoms with Crippen LogP contribution in [0, 0.1) is 17.1 Å². The van der Waals surface area contributed by atoms with Crippen LogP contribution in [-0.4, -0.2) is 12.1 Å². The average Bonchev–Trinajstić information content (AvgIpc) is 2.80. The van der Waals surface area contributed by atoms with Gasteiger partial charge in [-0.1, -0.05) is 29.8 Å². The molecule has 1 heterocycles. The molecule has 0 radical (unpaired) electrons. The van der Waals surface area contributed by atoms with Crippen LogP contribution in [0.25, 0.3) is 0 Å². The highest BCUT2D eigenvalue weighted by Gasteiger charge is 2.31. The number of nitriles is 1. The molecule has 0 fully saturated rings. The van der Waals surface area contributed by atoms with Crippen LogP contribution in [0.5, 0.6) is 17.2 Å². The fraction of sp³-hybridized carbons (Fsp3) is 0.120. The van der Waals surface area contributed by atoms with Crippen molar-refractivity contribution in [1.29, 1.82) is 5.26 Å². The minimum absolute atomic E-state index is 0.0264. The van der Waals surface area contributed by atoms with E-state index >= 15 is 0 Å². The number of hydrogen-bond donors (Lipinski definition) is 1. The van der Waals surface area contributed by atoms with E-state index in [9.17, 15) is 14.4 Å². The lowest BCUT2D eigenvalue weighted by molar-refractivity contribution is -0.141. The third kappa shape index (κ3) is 4.76. The van der Waals surface area contributed by atoms with E-state index in [0.29, 0.717) is 22.1 Å². The van der Waals surface area contributed by atoms with E-state index in [1.165, 1.54) is 37.3 Å². The van der Waals surface area contributed by atoms with Crippen molar-refractivity contribution in [2.45, 2.75) is 18.9 Å². The van der Waals surface area contributed by atoms with E-state index in [-0.39, 0.29) is 17.2 Å². The number of hydrogen-bond acceptors (Lipinski definition) is 6. The lowest BCUT2D eigenvalue weighted by Gasteiger charge is -2.26. The zero-order valence-electron chi connectivity index (χ0n) is 17.4. The van der Waals surface area contributed by atoms with E-state index < -0.39 is 23.8 Å². The summed E-state index contributed by atoms with van der Waals surface area (Å²) in [4.78, 5) is 12.5. The Morgan fingerprint density at radius 1 is 1.12 bits per heavy atom. The van der Waals surface area contributed by atoms with Gasteiger partial charge in [-0.15, -0.1) is 0 Å². The summed E-state index contributed by atoms with van der Waals surface area (Å²) in [5, 5.41) is 10.2. The molecule has 4 rings (SSSR count). The number of benzene rings is 3. The van der Waals surface area contributed by atoms with Gasteiger partial charge in [0.25, 0.3) is 0 Å². The number of rotatable bonds is 5. The lowest BCUT2D eigenvalue weighted by atomic mass is 9.83. The molecule has 0 aliphatic carbocycles. The second-order valence-corrected chi connectivity index (χ2v) is 7.75. The predicted molar refractivity (Wildman–Crippen MR) is 119 cm³/mol. The molecule has 0 saturated carbocycles. The van der Waals surface area contributed by atoms with Crippen LogP contribution in [0.4, 0.5) is 4.39 Å². The van der Waals surface area contributed by atoms with Crippen LogP contribution in [-0.2, 0) is 4.79 Å². The number of esters is 1. The minimum atomic E-state index is -0.940. The van der Waals surface area contributed by atoms with Crippen molar-refractivity contribution in [2.24, 2.45) is 5.73 Å². The van der Waals surface area contributed by atoms with Gasteiger partial charge in [-0.3, -0.25) is 0 Å². The number of ether oxygens (including phenoxy) is 3. The second-order valence-electron chi connectivity index (χ2n) is 7.31. The summed E-state index contributed by atoms with van der Waals surface area (Å²) in [6, 6.07) is 19.4. The fourth-order valence-electron chi connectivity index (χ4n) is 3.46. The van der Waals surface area contributed by atoms with Crippen molar-refractivity contribution < 1.29 is 23.4 Å². The van der Waals surface area contributed by atoms with Crippen LogP contribution in [0.2, 0.25) is 5.02 Å². The van der Waals surface area contributed by atoms with Crippen LogP contribution < -0.4 is 19.9 Å². The van der Waals surface area contributed by atoms with Crippen LogP contribution in [0.3, 0.4) is 0 Å². The van der Waals surface area contributed by atoms with Gasteiger partial charge in [-0.2, -0.15) is 5.26 Å². The van der Waals surface area contributed by atoms with Gasteiger partial charge in [-0.05, 0) is 55.0 Å². The fourth-order valence-corrected chi connectivity index (χ4v) is 3.59. The van der Waals surface area contributed by atoms with Crippen molar-refractivity contribution in [3.63, 3.8) is 0 Å². The minimum Gasteiger partial charge on any atom is -0.479 e. The highest BCUT2D eigenvalue weighted by atomic mass is 35.5. The van der Waals surface area contributed by atoms with Gasteiger partial charge >= 0.3 is 5.97 Å². The molecule has 166 valence electrons. The first kappa shape index (κ1) is 22.2. The van der Waals surface area contributed by atoms with Gasteiger partial charge in [0, 0.05) is 16.7 Å². The Bertz CT molecular complexity index is 1270. The molecule has 2 N–H and O–H groups in total. The maximum Gasteiger partial charge on any atom is 0.352 e. The molecule has 8 heteroatoms. The normalized spacial score (nSPS) is 15.6.